The third-order valence-electron chi connectivity index (χ3n) is 4.12. The van der Waals surface area contributed by atoms with Gasteiger partial charge in [0, 0.05) is 12.1 Å². The molecule has 0 spiro atoms. The van der Waals surface area contributed by atoms with E-state index in [-0.39, 0.29) is 5.54 Å². The van der Waals surface area contributed by atoms with Gasteiger partial charge in [0.05, 0.1) is 6.54 Å². The van der Waals surface area contributed by atoms with Gasteiger partial charge in [0.25, 0.3) is 0 Å². The molecule has 0 aromatic heterocycles. The maximum Gasteiger partial charge on any atom is 0.0581 e. The van der Waals surface area contributed by atoms with E-state index in [1.54, 1.807) is 0 Å². The number of nitrogens with two attached hydrogens (primary N) is 1. The molecule has 0 aromatic rings. The van der Waals surface area contributed by atoms with Crippen LogP contribution in [-0.2, 0) is 0 Å². The maximum atomic E-state index is 6.00. The Hall–Kier alpha value is -0.520. The number of rotatable bonds is 5. The van der Waals surface area contributed by atoms with Crippen molar-refractivity contribution in [2.45, 2.75) is 64.3 Å². The first-order valence-electron chi connectivity index (χ1n) is 7.11. The zero-order valence-corrected chi connectivity index (χ0v) is 11.5. The molecule has 0 saturated heterocycles. The molecular weight excluding hydrogens is 208 g/mol. The van der Waals surface area contributed by atoms with E-state index in [1.807, 2.05) is 6.92 Å². The zero-order valence-electron chi connectivity index (χ0n) is 11.5. The fraction of sp³-hybridized carbons (Fsp3) is 0.867. The van der Waals surface area contributed by atoms with Gasteiger partial charge < -0.3 is 5.73 Å². The highest BCUT2D eigenvalue weighted by Crippen LogP contribution is 2.32. The van der Waals surface area contributed by atoms with Crippen LogP contribution < -0.4 is 11.1 Å². The molecule has 3 N–H and O–H groups in total. The van der Waals surface area contributed by atoms with E-state index in [0.717, 1.165) is 19.0 Å². The molecule has 1 saturated carbocycles. The average Bonchev–Trinajstić information content (AvgIpc) is 2.54. The van der Waals surface area contributed by atoms with Crippen molar-refractivity contribution < 1.29 is 0 Å². The summed E-state index contributed by atoms with van der Waals surface area (Å²) in [5.74, 6) is 6.96. The zero-order chi connectivity index (χ0) is 12.6. The lowest BCUT2D eigenvalue weighted by Gasteiger charge is -2.32. The molecule has 1 fully saturated rings. The largest absolute Gasteiger partial charge is 0.329 e. The second kappa shape index (κ2) is 7.74. The molecule has 0 radical (unpaired) electrons. The molecular formula is C15H28N2. The van der Waals surface area contributed by atoms with E-state index in [0.29, 0.717) is 0 Å². The van der Waals surface area contributed by atoms with E-state index in [1.165, 1.54) is 44.9 Å². The summed E-state index contributed by atoms with van der Waals surface area (Å²) in [7, 11) is 0. The van der Waals surface area contributed by atoms with Crippen molar-refractivity contribution in [2.24, 2.45) is 11.7 Å². The number of hydrogen-bond donors (Lipinski definition) is 2. The standard InChI is InChI=1S/C15H28N2/c1-3-5-12-17-15(13-16)10-6-8-14(7-4-2)9-11-15/h14,17H,4,6-13,16H2,1-2H3. The summed E-state index contributed by atoms with van der Waals surface area (Å²) >= 11 is 0. The Morgan fingerprint density at radius 2 is 2.18 bits per heavy atom. The van der Waals surface area contributed by atoms with Gasteiger partial charge in [0.2, 0.25) is 0 Å². The summed E-state index contributed by atoms with van der Waals surface area (Å²) in [4.78, 5) is 0. The number of hydrogen-bond acceptors (Lipinski definition) is 2. The molecule has 98 valence electrons. The first-order chi connectivity index (χ1) is 8.26. The van der Waals surface area contributed by atoms with Crippen LogP contribution >= 0.6 is 0 Å². The van der Waals surface area contributed by atoms with Crippen molar-refractivity contribution in [3.05, 3.63) is 0 Å². The Morgan fingerprint density at radius 1 is 1.35 bits per heavy atom. The monoisotopic (exact) mass is 236 g/mol. The molecule has 0 bridgehead atoms. The maximum absolute atomic E-state index is 6.00. The van der Waals surface area contributed by atoms with Gasteiger partial charge >= 0.3 is 0 Å². The summed E-state index contributed by atoms with van der Waals surface area (Å²) < 4.78 is 0. The van der Waals surface area contributed by atoms with Gasteiger partial charge in [-0.1, -0.05) is 38.5 Å². The average molecular weight is 236 g/mol. The quantitative estimate of drug-likeness (QED) is 0.569. The fourth-order valence-electron chi connectivity index (χ4n) is 2.95. The minimum absolute atomic E-state index is 0.159. The van der Waals surface area contributed by atoms with E-state index in [4.69, 9.17) is 5.73 Å². The summed E-state index contributed by atoms with van der Waals surface area (Å²) in [6.45, 7) is 5.71. The van der Waals surface area contributed by atoms with E-state index in [9.17, 15) is 0 Å². The van der Waals surface area contributed by atoms with Crippen LogP contribution in [0.4, 0.5) is 0 Å². The van der Waals surface area contributed by atoms with Gasteiger partial charge in [-0.15, -0.1) is 5.92 Å². The molecule has 2 nitrogen and oxygen atoms in total. The number of nitrogens with one attached hydrogen (secondary N) is 1. The molecule has 2 heteroatoms. The molecule has 0 aromatic carbocycles. The molecule has 0 amide bonds. The van der Waals surface area contributed by atoms with Crippen molar-refractivity contribution in [2.75, 3.05) is 13.1 Å². The van der Waals surface area contributed by atoms with E-state index in [2.05, 4.69) is 24.1 Å². The second-order valence-electron chi connectivity index (χ2n) is 5.35. The Kier molecular flexibility index (Phi) is 6.62. The molecule has 1 rings (SSSR count). The predicted octanol–water partition coefficient (Wildman–Crippen LogP) is 2.68. The van der Waals surface area contributed by atoms with Crippen LogP contribution in [0.3, 0.4) is 0 Å². The van der Waals surface area contributed by atoms with Gasteiger partial charge in [-0.25, -0.2) is 0 Å². The first-order valence-corrected chi connectivity index (χ1v) is 7.11. The summed E-state index contributed by atoms with van der Waals surface area (Å²) in [6, 6.07) is 0. The van der Waals surface area contributed by atoms with E-state index < -0.39 is 0 Å². The van der Waals surface area contributed by atoms with Crippen molar-refractivity contribution in [3.8, 4) is 11.8 Å². The Balaban J connectivity index is 2.50. The summed E-state index contributed by atoms with van der Waals surface area (Å²) in [5, 5.41) is 3.59. The SMILES string of the molecule is CC#CCNC1(CN)CCCC(CCC)CC1. The Bertz CT molecular complexity index is 264. The lowest BCUT2D eigenvalue weighted by atomic mass is 9.89. The highest BCUT2D eigenvalue weighted by Gasteiger charge is 2.30. The van der Waals surface area contributed by atoms with Crippen molar-refractivity contribution in [1.29, 1.82) is 0 Å². The van der Waals surface area contributed by atoms with Crippen LogP contribution in [0.15, 0.2) is 0 Å². The fourth-order valence-corrected chi connectivity index (χ4v) is 2.95. The molecule has 0 aliphatic heterocycles. The molecule has 17 heavy (non-hydrogen) atoms. The lowest BCUT2D eigenvalue weighted by Crippen LogP contribution is -2.51. The Labute approximate surface area is 107 Å². The summed E-state index contributed by atoms with van der Waals surface area (Å²) in [5.41, 5.74) is 6.16. The highest BCUT2D eigenvalue weighted by molar-refractivity contribution is 5.01. The molecule has 2 unspecified atom stereocenters. The summed E-state index contributed by atoms with van der Waals surface area (Å²) in [6.07, 6.45) is 9.17. The molecule has 1 aliphatic rings. The van der Waals surface area contributed by atoms with Crippen LogP contribution in [0.5, 0.6) is 0 Å². The minimum atomic E-state index is 0.159. The Morgan fingerprint density at radius 3 is 2.82 bits per heavy atom. The van der Waals surface area contributed by atoms with Gasteiger partial charge in [0.15, 0.2) is 0 Å². The van der Waals surface area contributed by atoms with Crippen molar-refractivity contribution in [1.82, 2.24) is 5.32 Å². The molecule has 1 aliphatic carbocycles. The van der Waals surface area contributed by atoms with Gasteiger partial charge in [-0.3, -0.25) is 5.32 Å². The third-order valence-corrected chi connectivity index (χ3v) is 4.12. The molecule has 2 atom stereocenters. The van der Waals surface area contributed by atoms with Gasteiger partial charge in [-0.05, 0) is 32.1 Å². The van der Waals surface area contributed by atoms with Crippen LogP contribution in [-0.4, -0.2) is 18.6 Å². The van der Waals surface area contributed by atoms with Gasteiger partial charge in [0.1, 0.15) is 0 Å². The van der Waals surface area contributed by atoms with Crippen LogP contribution in [0.25, 0.3) is 0 Å². The van der Waals surface area contributed by atoms with Crippen molar-refractivity contribution in [3.63, 3.8) is 0 Å². The smallest absolute Gasteiger partial charge is 0.0581 e. The van der Waals surface area contributed by atoms with E-state index >= 15 is 0 Å². The van der Waals surface area contributed by atoms with Crippen LogP contribution in [0.2, 0.25) is 0 Å². The van der Waals surface area contributed by atoms with Crippen LogP contribution in [0, 0.1) is 17.8 Å². The van der Waals surface area contributed by atoms with Crippen LogP contribution in [0.1, 0.15) is 58.8 Å². The van der Waals surface area contributed by atoms with Crippen molar-refractivity contribution >= 4 is 0 Å². The lowest BCUT2D eigenvalue weighted by molar-refractivity contribution is 0.299. The normalized spacial score (nSPS) is 29.2. The van der Waals surface area contributed by atoms with Gasteiger partial charge in [-0.2, -0.15) is 0 Å². The highest BCUT2D eigenvalue weighted by atomic mass is 15.0. The third kappa shape index (κ3) is 4.69. The first kappa shape index (κ1) is 14.5. The minimum Gasteiger partial charge on any atom is -0.329 e. The second-order valence-corrected chi connectivity index (χ2v) is 5.35. The topological polar surface area (TPSA) is 38.0 Å². The molecule has 0 heterocycles. The predicted molar refractivity (Wildman–Crippen MR) is 74.7 cm³/mol.